The molecule has 0 spiro atoms. The Morgan fingerprint density at radius 3 is 2.29 bits per heavy atom. The molecule has 2 aromatic heterocycles. The van der Waals surface area contributed by atoms with Crippen LogP contribution in [0.15, 0.2) is 41.2 Å². The Hall–Kier alpha value is -8.32. The molecule has 1 unspecified atom stereocenters. The third-order valence-electron chi connectivity index (χ3n) is 14.3. The summed E-state index contributed by atoms with van der Waals surface area (Å²) in [6.45, 7) is 8.05. The number of pyridine rings is 2. The zero-order valence-electron chi connectivity index (χ0n) is 45.0. The van der Waals surface area contributed by atoms with Crippen molar-refractivity contribution < 1.29 is 72.0 Å². The Bertz CT molecular complexity index is 3160. The van der Waals surface area contributed by atoms with Crippen LogP contribution in [0.1, 0.15) is 124 Å². The lowest BCUT2D eigenvalue weighted by Crippen LogP contribution is -2.58. The van der Waals surface area contributed by atoms with E-state index >= 15 is 4.39 Å². The minimum Gasteiger partial charge on any atom is -0.481 e. The number of primary amides is 1. The minimum absolute atomic E-state index is 0.00516. The van der Waals surface area contributed by atoms with Gasteiger partial charge in [-0.1, -0.05) is 39.8 Å². The maximum Gasteiger partial charge on any atom is 0.407 e. The van der Waals surface area contributed by atoms with E-state index in [0.29, 0.717) is 57.4 Å². The van der Waals surface area contributed by atoms with Crippen LogP contribution in [0.3, 0.4) is 0 Å². The number of carboxylic acids is 1. The lowest BCUT2D eigenvalue weighted by Gasteiger charge is -2.29. The molecule has 10 N–H and O–H groups in total. The number of aliphatic hydroxyl groups excluding tert-OH is 1. The summed E-state index contributed by atoms with van der Waals surface area (Å²) in [6, 6.07) is 3.78. The minimum atomic E-state index is -1.68. The molecule has 0 saturated heterocycles. The number of aliphatic carboxylic acids is 1. The van der Waals surface area contributed by atoms with Crippen molar-refractivity contribution in [2.45, 2.75) is 136 Å². The number of amides is 7. The molecule has 0 radical (unpaired) electrons. The van der Waals surface area contributed by atoms with E-state index in [1.165, 1.54) is 16.7 Å². The van der Waals surface area contributed by atoms with Crippen LogP contribution in [0.5, 0.6) is 0 Å². The fourth-order valence-electron chi connectivity index (χ4n) is 9.86. The largest absolute Gasteiger partial charge is 0.481 e. The number of benzene rings is 2. The summed E-state index contributed by atoms with van der Waals surface area (Å²) in [6.07, 6.45) is -2.38. The number of rotatable bonds is 25. The van der Waals surface area contributed by atoms with Crippen molar-refractivity contribution in [2.24, 2.45) is 17.6 Å². The first-order valence-corrected chi connectivity index (χ1v) is 26.4. The summed E-state index contributed by atoms with van der Waals surface area (Å²) >= 11 is 0. The molecular weight excluding hydrogens is 1050 g/mol. The van der Waals surface area contributed by atoms with E-state index in [2.05, 4.69) is 31.9 Å². The van der Waals surface area contributed by atoms with Crippen LogP contribution < -0.4 is 43.2 Å². The lowest BCUT2D eigenvalue weighted by atomic mass is 9.82. The number of aliphatic hydroxyl groups is 1. The molecule has 0 fully saturated rings. The molecule has 2 aromatic carbocycles. The smallest absolute Gasteiger partial charge is 0.407 e. The molecule has 7 amide bonds. The van der Waals surface area contributed by atoms with Gasteiger partial charge in [0, 0.05) is 60.0 Å². The fourth-order valence-corrected chi connectivity index (χ4v) is 9.86. The van der Waals surface area contributed by atoms with Crippen LogP contribution >= 0.6 is 0 Å². The van der Waals surface area contributed by atoms with Gasteiger partial charge in [0.2, 0.25) is 23.6 Å². The topological polar surface area (TPSA) is 355 Å². The highest BCUT2D eigenvalue weighted by molar-refractivity contribution is 5.99. The Labute approximate surface area is 458 Å². The summed E-state index contributed by atoms with van der Waals surface area (Å²) in [5, 5.41) is 36.5. The number of hydrogen-bond acceptors (Lipinski definition) is 15. The number of hydrogen-bond donors (Lipinski definition) is 9. The molecule has 4 heterocycles. The first-order chi connectivity index (χ1) is 38.0. The average Bonchev–Trinajstić information content (AvgIpc) is 4.03. The number of cyclic esters (lactones) is 1. The van der Waals surface area contributed by atoms with Crippen molar-refractivity contribution in [3.8, 4) is 11.4 Å². The Kier molecular flexibility index (Phi) is 19.4. The molecule has 0 saturated carbocycles. The standard InChI is InChI=1S/C55H66FN9O15/c1-26(2)41(66)16-19-78-20-17-42(67)60-38(14-15-43(68)69)50(72)64-46(27(3)4)51(73)62-37(7-6-18-58-54(57)76)49(71)59-30-10-8-29(9-11-30)24-80-55(77)63-36-13-12-31-28(5)35(56)22-39-44(31)45(36)33-23-65-40(47(33)61-39)21-32-34(52(65)74)25-79-53(75)48(32)70/h8-11,21-22,26-27,36-38,46,48,70H,6-7,12-20,23-25H2,1-5H3,(H,59,71)(H,60,67)(H,62,73)(H,63,77)(H,64,72)(H,68,69)(H3,57,58,76)/t36-,37-,38-,46-,48?/m0/s1. The quantitative estimate of drug-likeness (QED) is 0.0299. The van der Waals surface area contributed by atoms with Gasteiger partial charge in [0.25, 0.3) is 5.56 Å². The van der Waals surface area contributed by atoms with Gasteiger partial charge >= 0.3 is 24.1 Å². The van der Waals surface area contributed by atoms with Gasteiger partial charge in [0.05, 0.1) is 48.3 Å². The van der Waals surface area contributed by atoms with Crippen molar-refractivity contribution >= 4 is 70.1 Å². The molecule has 7 rings (SSSR count). The second-order valence-corrected chi connectivity index (χ2v) is 20.6. The number of carbonyl (C=O) groups is 9. The second-order valence-electron chi connectivity index (χ2n) is 20.6. The van der Waals surface area contributed by atoms with E-state index in [9.17, 15) is 58.2 Å². The molecule has 1 aliphatic carbocycles. The molecule has 4 aromatic rings. The number of carboxylic acid groups (broad SMARTS) is 1. The number of halogens is 1. The number of carbonyl (C=O) groups excluding carboxylic acids is 8. The number of ketones is 1. The number of fused-ring (bicyclic) bond motifs is 5. The maximum atomic E-state index is 15.4. The maximum absolute atomic E-state index is 15.4. The number of aromatic nitrogens is 2. The van der Waals surface area contributed by atoms with Crippen molar-refractivity contribution in [3.63, 3.8) is 0 Å². The lowest BCUT2D eigenvalue weighted by molar-refractivity contribution is -0.157. The highest BCUT2D eigenvalue weighted by Gasteiger charge is 2.38. The molecule has 0 bridgehead atoms. The van der Waals surface area contributed by atoms with E-state index in [1.54, 1.807) is 58.9 Å². The number of nitrogens with two attached hydrogens (primary N) is 1. The molecule has 3 aliphatic rings. The molecular formula is C55H66FN9O15. The van der Waals surface area contributed by atoms with Gasteiger partial charge < -0.3 is 66.6 Å². The van der Waals surface area contributed by atoms with E-state index in [1.807, 2.05) is 0 Å². The number of nitrogens with one attached hydrogen (secondary N) is 6. The van der Waals surface area contributed by atoms with Crippen molar-refractivity contribution in [1.29, 1.82) is 0 Å². The Morgan fingerprint density at radius 2 is 1.60 bits per heavy atom. The number of ether oxygens (including phenoxy) is 3. The van der Waals surface area contributed by atoms with E-state index in [4.69, 9.17) is 24.9 Å². The summed E-state index contributed by atoms with van der Waals surface area (Å²) in [7, 11) is 0. The normalized spacial score (nSPS) is 16.0. The molecule has 2 aliphatic heterocycles. The number of aryl methyl sites for hydroxylation is 1. The van der Waals surface area contributed by atoms with Gasteiger partial charge in [-0.2, -0.15) is 0 Å². The number of esters is 1. The van der Waals surface area contributed by atoms with Crippen LogP contribution in [-0.2, 0) is 74.0 Å². The van der Waals surface area contributed by atoms with Crippen LogP contribution in [0.2, 0.25) is 0 Å². The zero-order chi connectivity index (χ0) is 58.1. The second kappa shape index (κ2) is 26.1. The monoisotopic (exact) mass is 1110 g/mol. The van der Waals surface area contributed by atoms with Gasteiger partial charge in [0.1, 0.15) is 42.9 Å². The Balaban J connectivity index is 0.988. The summed E-state index contributed by atoms with van der Waals surface area (Å²) in [5.41, 5.74) is 9.14. The number of urea groups is 1. The van der Waals surface area contributed by atoms with Gasteiger partial charge in [0.15, 0.2) is 6.10 Å². The summed E-state index contributed by atoms with van der Waals surface area (Å²) in [4.78, 5) is 133. The van der Waals surface area contributed by atoms with Crippen LogP contribution in [-0.4, -0.2) is 111 Å². The number of Topliss-reactive ketones (excluding diaryl/α,β-unsaturated/α-hetero) is 1. The number of anilines is 1. The van der Waals surface area contributed by atoms with Gasteiger partial charge in [-0.3, -0.25) is 33.6 Å². The van der Waals surface area contributed by atoms with E-state index < -0.39 is 102 Å². The highest BCUT2D eigenvalue weighted by atomic mass is 19.1. The predicted molar refractivity (Wildman–Crippen MR) is 284 cm³/mol. The van der Waals surface area contributed by atoms with Crippen molar-refractivity contribution in [1.82, 2.24) is 36.1 Å². The Morgan fingerprint density at radius 1 is 0.887 bits per heavy atom. The molecule has 80 heavy (non-hydrogen) atoms. The highest BCUT2D eigenvalue weighted by Crippen LogP contribution is 2.45. The van der Waals surface area contributed by atoms with Crippen LogP contribution in [0.4, 0.5) is 19.7 Å². The molecule has 428 valence electrons. The first-order valence-electron chi connectivity index (χ1n) is 26.4. The summed E-state index contributed by atoms with van der Waals surface area (Å²) < 4.78 is 32.9. The van der Waals surface area contributed by atoms with Gasteiger partial charge in [-0.15, -0.1) is 0 Å². The van der Waals surface area contributed by atoms with Crippen molar-refractivity contribution in [3.05, 3.63) is 91.5 Å². The average molecular weight is 1110 g/mol. The fraction of sp³-hybridized carbons (Fsp3) is 0.473. The van der Waals surface area contributed by atoms with E-state index in [0.717, 1.165) is 5.56 Å². The van der Waals surface area contributed by atoms with E-state index in [-0.39, 0.29) is 100 Å². The predicted octanol–water partition coefficient (Wildman–Crippen LogP) is 3.26. The SMILES string of the molecule is Cc1c(F)cc2nc3c(c4c2c1CC[C@@H]4NC(=O)OCc1ccc(NC(=O)[C@H](CCCNC(N)=O)NC(=O)[C@@H](NC(=O)[C@H](CCC(=O)O)NC(=O)CCOCCC(=O)C(C)C)C(C)C)cc1)Cn1c-3cc2c(c1=O)COC(=O)C2O. The first kappa shape index (κ1) is 59.3. The number of alkyl carbamates (subject to hydrolysis) is 1. The molecule has 25 heteroatoms. The molecule has 24 nitrogen and oxygen atoms in total. The van der Waals surface area contributed by atoms with Crippen molar-refractivity contribution in [2.75, 3.05) is 25.1 Å². The third kappa shape index (κ3) is 14.1. The summed E-state index contributed by atoms with van der Waals surface area (Å²) in [5.74, 6) is -6.27. The number of nitrogens with zero attached hydrogens (tertiary/aromatic N) is 2. The third-order valence-corrected chi connectivity index (χ3v) is 14.3. The van der Waals surface area contributed by atoms with Crippen LogP contribution in [0.25, 0.3) is 22.3 Å². The van der Waals surface area contributed by atoms with Gasteiger partial charge in [-0.05, 0) is 85.4 Å². The van der Waals surface area contributed by atoms with Gasteiger partial charge in [-0.25, -0.2) is 23.8 Å². The van der Waals surface area contributed by atoms with Crippen LogP contribution in [0, 0.1) is 24.6 Å². The zero-order valence-corrected chi connectivity index (χ0v) is 45.0. The molecule has 5 atom stereocenters.